The van der Waals surface area contributed by atoms with Crippen LogP contribution in [0.5, 0.6) is 5.75 Å². The highest BCUT2D eigenvalue weighted by atomic mass is 16.6. The van der Waals surface area contributed by atoms with E-state index in [1.165, 1.54) is 11.1 Å². The van der Waals surface area contributed by atoms with Crippen molar-refractivity contribution in [2.24, 2.45) is 45.3 Å². The van der Waals surface area contributed by atoms with E-state index in [-0.39, 0.29) is 52.0 Å². The lowest BCUT2D eigenvalue weighted by molar-refractivity contribution is -0.252. The van der Waals surface area contributed by atoms with Crippen molar-refractivity contribution in [3.63, 3.8) is 0 Å². The first kappa shape index (κ1) is 37.6. The van der Waals surface area contributed by atoms with E-state index < -0.39 is 33.6 Å². The van der Waals surface area contributed by atoms with Gasteiger partial charge in [-0.15, -0.1) is 0 Å². The molecule has 1 saturated heterocycles. The Bertz CT molecular complexity index is 2000. The third kappa shape index (κ3) is 4.91. The van der Waals surface area contributed by atoms with Gasteiger partial charge in [-0.25, -0.2) is 0 Å². The number of carbonyl (C=O) groups is 2. The molecule has 6 saturated carbocycles. The number of phenols is 1. The molecule has 7 aliphatic carbocycles. The van der Waals surface area contributed by atoms with Crippen molar-refractivity contribution in [1.29, 1.82) is 0 Å². The Kier molecular flexibility index (Phi) is 8.05. The number of aliphatic hydroxyl groups excluding tert-OH is 1. The van der Waals surface area contributed by atoms with Crippen LogP contribution in [0.4, 0.5) is 5.69 Å². The van der Waals surface area contributed by atoms with Crippen LogP contribution in [-0.2, 0) is 19.7 Å². The fourth-order valence-corrected chi connectivity index (χ4v) is 16.1. The molecule has 0 radical (unpaired) electrons. The van der Waals surface area contributed by atoms with Crippen LogP contribution in [-0.4, -0.2) is 50.3 Å². The Labute approximate surface area is 327 Å². The van der Waals surface area contributed by atoms with Crippen molar-refractivity contribution in [2.75, 3.05) is 5.73 Å². The Morgan fingerprint density at radius 3 is 2.42 bits per heavy atom. The zero-order valence-corrected chi connectivity index (χ0v) is 34.1. The van der Waals surface area contributed by atoms with E-state index in [9.17, 15) is 24.9 Å². The van der Waals surface area contributed by atoms with Crippen LogP contribution < -0.4 is 5.73 Å². The number of nitrogen functional groups attached to an aromatic ring is 1. The van der Waals surface area contributed by atoms with E-state index in [2.05, 4.69) is 60.6 Å². The van der Waals surface area contributed by atoms with Gasteiger partial charge in [-0.3, -0.25) is 9.59 Å². The van der Waals surface area contributed by atoms with Crippen LogP contribution in [0.2, 0.25) is 0 Å². The molecule has 8 aliphatic rings. The number of nitrogens with two attached hydrogens (primary N) is 1. The number of aromatic hydroxyl groups is 1. The van der Waals surface area contributed by atoms with E-state index in [0.29, 0.717) is 50.4 Å². The van der Waals surface area contributed by atoms with Gasteiger partial charge in [0.2, 0.25) is 0 Å². The molecular weight excluding hydrogens is 687 g/mol. The van der Waals surface area contributed by atoms with Gasteiger partial charge in [0.25, 0.3) is 0 Å². The van der Waals surface area contributed by atoms with Crippen LogP contribution >= 0.6 is 0 Å². The lowest BCUT2D eigenvalue weighted by Crippen LogP contribution is -2.71. The summed E-state index contributed by atoms with van der Waals surface area (Å²) in [4.78, 5) is 29.2. The summed E-state index contributed by atoms with van der Waals surface area (Å²) >= 11 is 0. The standard InChI is InChI=1S/C48H63NO6/c1-27(21-35(51)39-46(7,55-39)33-16-10-15-32(33)28-11-8-13-30(49)22-28)38-34-17-18-37-43(4)25-47(29-12-9-14-31(50)23-29)19-20-48(54,40(43)42(2,3)41(47)53)26-45(37,6)44(34,5)24-36(38)52/h8-9,11-14,22-23,27,32-33,35,37,39-40,50-51,54H,10,15-21,24-26,49H2,1-7H3/t27-,32+,33+,35-,37?,39+,40+,43-,44+,45+,46-,47-,48+/m1/s1. The maximum atomic E-state index is 14.8. The number of carbonyl (C=O) groups excluding carboxylic acids is 2. The molecule has 7 nitrogen and oxygen atoms in total. The minimum Gasteiger partial charge on any atom is -0.508 e. The van der Waals surface area contributed by atoms with Gasteiger partial charge in [-0.2, -0.15) is 0 Å². The Balaban J connectivity index is 1.01. The average Bonchev–Trinajstić information content (AvgIpc) is 3.45. The van der Waals surface area contributed by atoms with Crippen LogP contribution in [0.25, 0.3) is 0 Å². The van der Waals surface area contributed by atoms with Gasteiger partial charge >= 0.3 is 0 Å². The second kappa shape index (κ2) is 11.8. The first-order valence-corrected chi connectivity index (χ1v) is 21.3. The van der Waals surface area contributed by atoms with Crippen molar-refractivity contribution >= 4 is 17.3 Å². The molecule has 0 aromatic heterocycles. The number of Topliss-reactive ketones (excluding diaryl/α,β-unsaturated/α-hetero) is 2. The monoisotopic (exact) mass is 749 g/mol. The number of anilines is 1. The summed E-state index contributed by atoms with van der Waals surface area (Å²) in [6.45, 7) is 15.4. The predicted octanol–water partition coefficient (Wildman–Crippen LogP) is 8.58. The number of epoxide rings is 1. The molecule has 1 unspecified atom stereocenters. The third-order valence-corrected chi connectivity index (χ3v) is 17.9. The first-order valence-electron chi connectivity index (χ1n) is 21.3. The molecule has 4 bridgehead atoms. The zero-order chi connectivity index (χ0) is 39.3. The number of benzene rings is 2. The number of hydrogen-bond donors (Lipinski definition) is 4. The molecule has 296 valence electrons. The maximum Gasteiger partial charge on any atom is 0.159 e. The number of rotatable bonds is 7. The highest BCUT2D eigenvalue weighted by Gasteiger charge is 2.78. The summed E-state index contributed by atoms with van der Waals surface area (Å²) in [6, 6.07) is 15.5. The molecule has 0 amide bonds. The van der Waals surface area contributed by atoms with Crippen LogP contribution in [0.15, 0.2) is 59.7 Å². The molecule has 1 heterocycles. The van der Waals surface area contributed by atoms with Crippen molar-refractivity contribution in [3.05, 3.63) is 70.8 Å². The predicted molar refractivity (Wildman–Crippen MR) is 213 cm³/mol. The van der Waals surface area contributed by atoms with E-state index in [1.807, 2.05) is 24.3 Å². The average molecular weight is 750 g/mol. The number of phenolic OH excluding ortho intramolecular Hbond substituents is 1. The highest BCUT2D eigenvalue weighted by molar-refractivity contribution is 6.01. The lowest BCUT2D eigenvalue weighted by Gasteiger charge is -2.72. The minimum absolute atomic E-state index is 0.118. The maximum absolute atomic E-state index is 14.8. The molecule has 7 heteroatoms. The third-order valence-electron chi connectivity index (χ3n) is 17.9. The van der Waals surface area contributed by atoms with E-state index >= 15 is 0 Å². The smallest absolute Gasteiger partial charge is 0.159 e. The molecule has 10 rings (SSSR count). The number of fused-ring (bicyclic) bond motifs is 5. The fourth-order valence-electron chi connectivity index (χ4n) is 16.1. The molecule has 2 aromatic rings. The van der Waals surface area contributed by atoms with E-state index in [4.69, 9.17) is 10.5 Å². The summed E-state index contributed by atoms with van der Waals surface area (Å²) in [5.74, 6) is 1.06. The topological polar surface area (TPSA) is 133 Å². The van der Waals surface area contributed by atoms with Crippen LogP contribution in [0.3, 0.4) is 0 Å². The number of aliphatic hydroxyl groups is 2. The van der Waals surface area contributed by atoms with Crippen LogP contribution in [0.1, 0.15) is 136 Å². The van der Waals surface area contributed by atoms with Crippen LogP contribution in [0, 0.1) is 45.3 Å². The summed E-state index contributed by atoms with van der Waals surface area (Å²) in [6.07, 6.45) is 7.20. The molecule has 55 heavy (non-hydrogen) atoms. The molecule has 0 spiro atoms. The quantitative estimate of drug-likeness (QED) is 0.165. The van der Waals surface area contributed by atoms with Crippen molar-refractivity contribution < 1.29 is 29.6 Å². The Morgan fingerprint density at radius 1 is 0.945 bits per heavy atom. The van der Waals surface area contributed by atoms with E-state index in [1.54, 1.807) is 12.1 Å². The largest absolute Gasteiger partial charge is 0.508 e. The summed E-state index contributed by atoms with van der Waals surface area (Å²) in [5, 5.41) is 35.6. The van der Waals surface area contributed by atoms with Crippen molar-refractivity contribution in [1.82, 2.24) is 0 Å². The first-order chi connectivity index (χ1) is 25.7. The van der Waals surface area contributed by atoms with E-state index in [0.717, 1.165) is 48.9 Å². The van der Waals surface area contributed by atoms with Gasteiger partial charge in [0.1, 0.15) is 17.6 Å². The van der Waals surface area contributed by atoms with Gasteiger partial charge in [0, 0.05) is 28.9 Å². The molecule has 5 N–H and O–H groups in total. The normalized spacial score (nSPS) is 45.2. The van der Waals surface area contributed by atoms with Gasteiger partial charge in [0.05, 0.1) is 22.7 Å². The fraction of sp³-hybridized carbons (Fsp3) is 0.667. The number of hydrogen-bond acceptors (Lipinski definition) is 7. The Morgan fingerprint density at radius 2 is 1.69 bits per heavy atom. The second-order valence-electron chi connectivity index (χ2n) is 21.2. The zero-order valence-electron chi connectivity index (χ0n) is 34.1. The minimum atomic E-state index is -1.08. The van der Waals surface area contributed by atoms with Gasteiger partial charge in [-0.05, 0) is 140 Å². The molecule has 13 atom stereocenters. The van der Waals surface area contributed by atoms with Gasteiger partial charge < -0.3 is 25.8 Å². The SMILES string of the molecule is C[C@H](C[C@@H](O)[C@@H]1O[C@]1(C)[C@H]1CCC[C@H]1c1cccc(N)c1)C1=C2CCC3[C@](C)(C[C@@]4(O)CC[C@]5(c6cccc(O)c6)C[C@@]3(C)[C@@H]4C(C)(C)C5=O)[C@@]2(C)CC1=O. The van der Waals surface area contributed by atoms with Gasteiger partial charge in [-0.1, -0.05) is 77.8 Å². The lowest BCUT2D eigenvalue weighted by atomic mass is 9.32. The summed E-state index contributed by atoms with van der Waals surface area (Å²) < 4.78 is 6.46. The summed E-state index contributed by atoms with van der Waals surface area (Å²) in [7, 11) is 0. The molecule has 7 fully saturated rings. The second-order valence-corrected chi connectivity index (χ2v) is 21.2. The Hall–Kier alpha value is -3.00. The van der Waals surface area contributed by atoms with Crippen molar-refractivity contribution in [3.8, 4) is 5.75 Å². The number of allylic oxidation sites excluding steroid dienone is 2. The number of ketones is 2. The van der Waals surface area contributed by atoms with Gasteiger partial charge in [0.15, 0.2) is 5.78 Å². The summed E-state index contributed by atoms with van der Waals surface area (Å²) in [5.41, 5.74) is 6.96. The molecular formula is C48H63NO6. The highest BCUT2D eigenvalue weighted by Crippen LogP contribution is 2.79. The number of ether oxygens (including phenoxy) is 1. The molecule has 2 aromatic carbocycles. The molecule has 1 aliphatic heterocycles. The van der Waals surface area contributed by atoms with Crippen molar-refractivity contribution in [2.45, 2.75) is 154 Å².